The summed E-state index contributed by atoms with van der Waals surface area (Å²) in [6.07, 6.45) is 1.61. The molecule has 3 aromatic heterocycles. The molecule has 4 rings (SSSR count). The Balaban J connectivity index is 1.45. The summed E-state index contributed by atoms with van der Waals surface area (Å²) in [5, 5.41) is 20.5. The van der Waals surface area contributed by atoms with Gasteiger partial charge in [0.2, 0.25) is 16.9 Å². The highest BCUT2D eigenvalue weighted by Crippen LogP contribution is 2.25. The van der Waals surface area contributed by atoms with Gasteiger partial charge in [0.25, 0.3) is 0 Å². The second kappa shape index (κ2) is 7.78. The first-order chi connectivity index (χ1) is 13.6. The van der Waals surface area contributed by atoms with Crippen molar-refractivity contribution in [1.82, 2.24) is 30.1 Å². The zero-order chi connectivity index (χ0) is 19.5. The number of H-pyrrole nitrogens is 1. The van der Waals surface area contributed by atoms with Gasteiger partial charge in [-0.3, -0.25) is 9.89 Å². The zero-order valence-electron chi connectivity index (χ0n) is 14.2. The number of benzene rings is 1. The number of thioether (sulfide) groups is 1. The fraction of sp³-hybridized carbons (Fsp3) is 0.0625. The van der Waals surface area contributed by atoms with E-state index in [1.54, 1.807) is 29.8 Å². The summed E-state index contributed by atoms with van der Waals surface area (Å²) in [7, 11) is 0. The van der Waals surface area contributed by atoms with Crippen molar-refractivity contribution in [3.8, 4) is 22.8 Å². The van der Waals surface area contributed by atoms with Crippen LogP contribution < -0.4 is 11.2 Å². The lowest BCUT2D eigenvalue weighted by Crippen LogP contribution is -2.16. The zero-order valence-corrected chi connectivity index (χ0v) is 15.8. The lowest BCUT2D eigenvalue weighted by Gasteiger charge is -2.02. The van der Waals surface area contributed by atoms with Gasteiger partial charge in [-0.25, -0.2) is 14.1 Å². The molecule has 4 N–H and O–H groups in total. The molecule has 1 aromatic carbocycles. The molecule has 0 saturated carbocycles. The highest BCUT2D eigenvalue weighted by Gasteiger charge is 2.16. The van der Waals surface area contributed by atoms with Crippen molar-refractivity contribution < 1.29 is 9.18 Å². The number of nitrogens with zero attached hydrogens (tertiary/aromatic N) is 5. The van der Waals surface area contributed by atoms with Crippen molar-refractivity contribution in [1.29, 1.82) is 0 Å². The van der Waals surface area contributed by atoms with Gasteiger partial charge in [-0.15, -0.1) is 21.5 Å². The monoisotopic (exact) mass is 416 g/mol. The van der Waals surface area contributed by atoms with Crippen LogP contribution in [0.25, 0.3) is 22.8 Å². The third-order valence-corrected chi connectivity index (χ3v) is 5.27. The van der Waals surface area contributed by atoms with Gasteiger partial charge in [-0.2, -0.15) is 5.10 Å². The average molecular weight is 416 g/mol. The van der Waals surface area contributed by atoms with Crippen LogP contribution in [0.3, 0.4) is 0 Å². The molecule has 12 heteroatoms. The van der Waals surface area contributed by atoms with Crippen LogP contribution in [0.4, 0.5) is 9.52 Å². The normalized spacial score (nSPS) is 10.9. The smallest absolute Gasteiger partial charge is 0.236 e. The molecule has 28 heavy (non-hydrogen) atoms. The number of anilines is 1. The molecule has 3 heterocycles. The lowest BCUT2D eigenvalue weighted by molar-refractivity contribution is -0.113. The van der Waals surface area contributed by atoms with E-state index in [-0.39, 0.29) is 17.5 Å². The van der Waals surface area contributed by atoms with E-state index in [1.165, 1.54) is 28.1 Å². The molecule has 4 aromatic rings. The molecule has 0 aliphatic carbocycles. The van der Waals surface area contributed by atoms with Crippen molar-refractivity contribution in [2.24, 2.45) is 0 Å². The summed E-state index contributed by atoms with van der Waals surface area (Å²) in [4.78, 5) is 15.9. The van der Waals surface area contributed by atoms with Crippen LogP contribution >= 0.6 is 23.1 Å². The van der Waals surface area contributed by atoms with E-state index in [9.17, 15) is 9.18 Å². The quantitative estimate of drug-likeness (QED) is 0.325. The summed E-state index contributed by atoms with van der Waals surface area (Å²) >= 11 is 2.49. The van der Waals surface area contributed by atoms with Gasteiger partial charge in [0.1, 0.15) is 11.5 Å². The van der Waals surface area contributed by atoms with E-state index in [0.717, 1.165) is 17.3 Å². The Morgan fingerprint density at radius 2 is 2.14 bits per heavy atom. The Morgan fingerprint density at radius 3 is 2.89 bits per heavy atom. The minimum Gasteiger partial charge on any atom is -0.335 e. The van der Waals surface area contributed by atoms with E-state index in [2.05, 4.69) is 30.7 Å². The topological polar surface area (TPSA) is 127 Å². The maximum atomic E-state index is 13.1. The Labute approximate surface area is 166 Å². The van der Waals surface area contributed by atoms with Gasteiger partial charge in [-0.1, -0.05) is 11.8 Å². The van der Waals surface area contributed by atoms with Gasteiger partial charge in [0.05, 0.1) is 11.4 Å². The van der Waals surface area contributed by atoms with Crippen LogP contribution in [0, 0.1) is 5.82 Å². The number of thiazole rings is 1. The number of aromatic amines is 1. The first-order valence-corrected chi connectivity index (χ1v) is 9.81. The van der Waals surface area contributed by atoms with E-state index in [4.69, 9.17) is 5.84 Å². The van der Waals surface area contributed by atoms with Crippen LogP contribution in [0.15, 0.2) is 47.1 Å². The number of rotatable bonds is 6. The van der Waals surface area contributed by atoms with Crippen LogP contribution in [0.1, 0.15) is 0 Å². The third kappa shape index (κ3) is 3.87. The molecule has 0 spiro atoms. The molecule has 0 fully saturated rings. The van der Waals surface area contributed by atoms with E-state index in [0.29, 0.717) is 27.5 Å². The van der Waals surface area contributed by atoms with Crippen LogP contribution in [-0.2, 0) is 4.79 Å². The predicted molar refractivity (Wildman–Crippen MR) is 105 cm³/mol. The Bertz CT molecular complexity index is 1090. The molecule has 0 atom stereocenters. The molecule has 0 unspecified atom stereocenters. The molecular formula is C16H13FN8OS2. The molecular weight excluding hydrogens is 403 g/mol. The molecule has 9 nitrogen and oxygen atoms in total. The number of carbonyl (C=O) groups excluding carboxylic acids is 1. The number of nitrogens with one attached hydrogen (secondary N) is 2. The van der Waals surface area contributed by atoms with Gasteiger partial charge < -0.3 is 11.2 Å². The molecule has 0 saturated heterocycles. The number of amides is 1. The number of carbonyl (C=O) groups is 1. The van der Waals surface area contributed by atoms with Crippen molar-refractivity contribution in [3.05, 3.63) is 47.7 Å². The first-order valence-electron chi connectivity index (χ1n) is 7.94. The van der Waals surface area contributed by atoms with E-state index >= 15 is 0 Å². The number of aromatic nitrogens is 6. The van der Waals surface area contributed by atoms with Gasteiger partial charge in [0.15, 0.2) is 5.13 Å². The standard InChI is InChI=1S/C16H13FN8OS2/c17-10-3-1-9(2-4-10)11-7-12(22-21-11)14-23-24-16(25(14)18)28-8-13(26)20-15-19-5-6-27-15/h1-7H,8,18H2,(H,21,22)(H,19,20,26). The summed E-state index contributed by atoms with van der Waals surface area (Å²) in [5.74, 6) is 6.00. The second-order valence-corrected chi connectivity index (χ2v) is 7.36. The predicted octanol–water partition coefficient (Wildman–Crippen LogP) is 2.38. The highest BCUT2D eigenvalue weighted by molar-refractivity contribution is 7.99. The van der Waals surface area contributed by atoms with E-state index < -0.39 is 0 Å². The molecule has 0 aliphatic heterocycles. The summed E-state index contributed by atoms with van der Waals surface area (Å²) in [5.41, 5.74) is 1.92. The fourth-order valence-corrected chi connectivity index (χ4v) is 3.54. The van der Waals surface area contributed by atoms with Crippen LogP contribution in [0.2, 0.25) is 0 Å². The van der Waals surface area contributed by atoms with Gasteiger partial charge >= 0.3 is 0 Å². The molecule has 0 bridgehead atoms. The number of hydrogen-bond acceptors (Lipinski definition) is 8. The van der Waals surface area contributed by atoms with Crippen molar-refractivity contribution >= 4 is 34.1 Å². The molecule has 1 amide bonds. The second-order valence-electron chi connectivity index (χ2n) is 5.52. The van der Waals surface area contributed by atoms with Crippen molar-refractivity contribution in [2.45, 2.75) is 5.16 Å². The number of hydrogen-bond donors (Lipinski definition) is 3. The van der Waals surface area contributed by atoms with Crippen LogP contribution in [0.5, 0.6) is 0 Å². The maximum absolute atomic E-state index is 13.1. The molecule has 0 aliphatic rings. The van der Waals surface area contributed by atoms with Gasteiger partial charge in [-0.05, 0) is 30.3 Å². The number of nitrogen functional groups attached to an aromatic ring is 1. The Morgan fingerprint density at radius 1 is 1.32 bits per heavy atom. The van der Waals surface area contributed by atoms with Gasteiger partial charge in [0, 0.05) is 17.1 Å². The average Bonchev–Trinajstić information content (AvgIpc) is 3.42. The highest BCUT2D eigenvalue weighted by atomic mass is 32.2. The SMILES string of the molecule is Nn1c(SCC(=O)Nc2nccs2)nnc1-c1cc(-c2ccc(F)cc2)n[nH]1. The number of halogens is 1. The Hall–Kier alpha value is -3.25. The summed E-state index contributed by atoms with van der Waals surface area (Å²) in [6.45, 7) is 0. The summed E-state index contributed by atoms with van der Waals surface area (Å²) < 4.78 is 14.3. The number of nitrogens with two attached hydrogens (primary N) is 1. The molecule has 0 radical (unpaired) electrons. The molecule has 142 valence electrons. The third-order valence-electron chi connectivity index (χ3n) is 3.63. The first kappa shape index (κ1) is 18.1. The maximum Gasteiger partial charge on any atom is 0.236 e. The Kier molecular flexibility index (Phi) is 5.04. The lowest BCUT2D eigenvalue weighted by atomic mass is 10.1. The summed E-state index contributed by atoms with van der Waals surface area (Å²) in [6, 6.07) is 7.72. The van der Waals surface area contributed by atoms with E-state index in [1.807, 2.05) is 0 Å². The minimum atomic E-state index is -0.318. The minimum absolute atomic E-state index is 0.110. The van der Waals surface area contributed by atoms with Crippen molar-refractivity contribution in [2.75, 3.05) is 16.9 Å². The largest absolute Gasteiger partial charge is 0.335 e. The fourth-order valence-electron chi connectivity index (χ4n) is 2.33. The van der Waals surface area contributed by atoms with Crippen molar-refractivity contribution in [3.63, 3.8) is 0 Å². The van der Waals surface area contributed by atoms with Crippen LogP contribution in [-0.4, -0.2) is 41.7 Å².